The van der Waals surface area contributed by atoms with Crippen molar-refractivity contribution in [3.8, 4) is 17.0 Å². The van der Waals surface area contributed by atoms with E-state index in [1.165, 1.54) is 22.9 Å². The number of rotatable bonds is 4. The first-order valence-corrected chi connectivity index (χ1v) is 6.99. The standard InChI is InChI=1S/C16H13F2N3O3/c1-8-13-11(15(22)23)7-12(19-14(13)21(2)20-8)9-3-5-10(6-4-9)24-16(17)18/h3-7,16H,1-2H3,(H,22,23). The average molecular weight is 333 g/mol. The summed E-state index contributed by atoms with van der Waals surface area (Å²) in [6, 6.07) is 7.29. The van der Waals surface area contributed by atoms with Gasteiger partial charge in [0.1, 0.15) is 5.75 Å². The molecule has 24 heavy (non-hydrogen) atoms. The van der Waals surface area contributed by atoms with Crippen LogP contribution in [0.5, 0.6) is 5.75 Å². The number of benzene rings is 1. The van der Waals surface area contributed by atoms with Crippen LogP contribution in [0, 0.1) is 6.92 Å². The first-order chi connectivity index (χ1) is 11.4. The molecule has 0 aliphatic carbocycles. The van der Waals surface area contributed by atoms with Gasteiger partial charge in [0.2, 0.25) is 0 Å². The van der Waals surface area contributed by atoms with E-state index in [1.54, 1.807) is 26.1 Å². The molecule has 0 amide bonds. The van der Waals surface area contributed by atoms with Crippen molar-refractivity contribution < 1.29 is 23.4 Å². The SMILES string of the molecule is Cc1nn(C)c2nc(-c3ccc(OC(F)F)cc3)cc(C(=O)O)c12. The normalized spacial score (nSPS) is 11.2. The van der Waals surface area contributed by atoms with Crippen LogP contribution >= 0.6 is 0 Å². The summed E-state index contributed by atoms with van der Waals surface area (Å²) in [6.07, 6.45) is 0. The van der Waals surface area contributed by atoms with Gasteiger partial charge in [-0.15, -0.1) is 0 Å². The minimum atomic E-state index is -2.90. The van der Waals surface area contributed by atoms with Crippen LogP contribution in [0.4, 0.5) is 8.78 Å². The molecule has 3 rings (SSSR count). The number of hydrogen-bond donors (Lipinski definition) is 1. The van der Waals surface area contributed by atoms with Gasteiger partial charge < -0.3 is 9.84 Å². The minimum Gasteiger partial charge on any atom is -0.478 e. The molecule has 0 fully saturated rings. The second-order valence-electron chi connectivity index (χ2n) is 5.17. The molecule has 0 aliphatic heterocycles. The fraction of sp³-hybridized carbons (Fsp3) is 0.188. The van der Waals surface area contributed by atoms with Crippen molar-refractivity contribution in [3.05, 3.63) is 41.6 Å². The lowest BCUT2D eigenvalue weighted by atomic mass is 10.1. The number of carboxylic acid groups (broad SMARTS) is 1. The molecule has 3 aromatic rings. The molecule has 0 spiro atoms. The van der Waals surface area contributed by atoms with E-state index in [-0.39, 0.29) is 11.3 Å². The molecule has 0 saturated heterocycles. The summed E-state index contributed by atoms with van der Waals surface area (Å²) in [5, 5.41) is 14.1. The number of ether oxygens (including phenoxy) is 1. The smallest absolute Gasteiger partial charge is 0.387 e. The number of aromatic carboxylic acids is 1. The Balaban J connectivity index is 2.13. The lowest BCUT2D eigenvalue weighted by molar-refractivity contribution is -0.0498. The molecule has 0 atom stereocenters. The second-order valence-corrected chi connectivity index (χ2v) is 5.17. The summed E-state index contributed by atoms with van der Waals surface area (Å²) >= 11 is 0. The van der Waals surface area contributed by atoms with Gasteiger partial charge >= 0.3 is 12.6 Å². The van der Waals surface area contributed by atoms with Crippen LogP contribution in [-0.2, 0) is 7.05 Å². The maximum Gasteiger partial charge on any atom is 0.387 e. The Kier molecular flexibility index (Phi) is 3.88. The number of halogens is 2. The molecule has 0 aliphatic rings. The van der Waals surface area contributed by atoms with E-state index < -0.39 is 12.6 Å². The van der Waals surface area contributed by atoms with Gasteiger partial charge in [0, 0.05) is 12.6 Å². The van der Waals surface area contributed by atoms with Crippen LogP contribution in [0.3, 0.4) is 0 Å². The monoisotopic (exact) mass is 333 g/mol. The van der Waals surface area contributed by atoms with Gasteiger partial charge in [-0.25, -0.2) is 9.78 Å². The van der Waals surface area contributed by atoms with E-state index in [9.17, 15) is 18.7 Å². The molecular weight excluding hydrogens is 320 g/mol. The second kappa shape index (κ2) is 5.88. The van der Waals surface area contributed by atoms with E-state index in [0.717, 1.165) is 0 Å². The number of carbonyl (C=O) groups is 1. The summed E-state index contributed by atoms with van der Waals surface area (Å²) in [6.45, 7) is -1.19. The van der Waals surface area contributed by atoms with Gasteiger partial charge in [0.25, 0.3) is 0 Å². The predicted octanol–water partition coefficient (Wildman–Crippen LogP) is 3.24. The Morgan fingerprint density at radius 3 is 2.54 bits per heavy atom. The van der Waals surface area contributed by atoms with Crippen LogP contribution in [-0.4, -0.2) is 32.5 Å². The summed E-state index contributed by atoms with van der Waals surface area (Å²) in [7, 11) is 1.68. The van der Waals surface area contributed by atoms with Crippen molar-refractivity contribution in [1.82, 2.24) is 14.8 Å². The zero-order valence-corrected chi connectivity index (χ0v) is 12.8. The topological polar surface area (TPSA) is 77.2 Å². The van der Waals surface area contributed by atoms with E-state index in [0.29, 0.717) is 28.0 Å². The molecule has 2 aromatic heterocycles. The number of nitrogens with zero attached hydrogens (tertiary/aromatic N) is 3. The van der Waals surface area contributed by atoms with Gasteiger partial charge in [-0.2, -0.15) is 13.9 Å². The number of aryl methyl sites for hydroxylation is 2. The third kappa shape index (κ3) is 2.78. The molecule has 0 saturated carbocycles. The highest BCUT2D eigenvalue weighted by molar-refractivity contribution is 6.04. The Labute approximate surface area is 135 Å². The fourth-order valence-electron chi connectivity index (χ4n) is 2.57. The number of pyridine rings is 1. The highest BCUT2D eigenvalue weighted by Crippen LogP contribution is 2.28. The van der Waals surface area contributed by atoms with Gasteiger partial charge in [-0.3, -0.25) is 4.68 Å². The maximum absolute atomic E-state index is 12.2. The summed E-state index contributed by atoms with van der Waals surface area (Å²) in [4.78, 5) is 16.0. The van der Waals surface area contributed by atoms with Gasteiger partial charge in [-0.05, 0) is 37.3 Å². The van der Waals surface area contributed by atoms with E-state index in [1.807, 2.05) is 0 Å². The zero-order chi connectivity index (χ0) is 17.4. The van der Waals surface area contributed by atoms with Crippen LogP contribution in [0.25, 0.3) is 22.3 Å². The lowest BCUT2D eigenvalue weighted by Gasteiger charge is -2.07. The van der Waals surface area contributed by atoms with Crippen molar-refractivity contribution in [2.75, 3.05) is 0 Å². The lowest BCUT2D eigenvalue weighted by Crippen LogP contribution is -2.02. The van der Waals surface area contributed by atoms with Crippen molar-refractivity contribution in [3.63, 3.8) is 0 Å². The van der Waals surface area contributed by atoms with E-state index in [2.05, 4.69) is 14.8 Å². The molecule has 1 aromatic carbocycles. The molecule has 0 unspecified atom stereocenters. The fourth-order valence-corrected chi connectivity index (χ4v) is 2.57. The number of fused-ring (bicyclic) bond motifs is 1. The molecule has 0 radical (unpaired) electrons. The van der Waals surface area contributed by atoms with Gasteiger partial charge in [0.05, 0.1) is 22.3 Å². The molecule has 124 valence electrons. The Morgan fingerprint density at radius 1 is 1.29 bits per heavy atom. The minimum absolute atomic E-state index is 0.0182. The molecule has 8 heteroatoms. The molecule has 0 bridgehead atoms. The number of alkyl halides is 2. The third-order valence-electron chi connectivity index (χ3n) is 3.57. The van der Waals surface area contributed by atoms with E-state index >= 15 is 0 Å². The van der Waals surface area contributed by atoms with Gasteiger partial charge in [0.15, 0.2) is 5.65 Å². The first kappa shape index (κ1) is 15.9. The van der Waals surface area contributed by atoms with Crippen LogP contribution in [0.2, 0.25) is 0 Å². The van der Waals surface area contributed by atoms with Gasteiger partial charge in [-0.1, -0.05) is 0 Å². The van der Waals surface area contributed by atoms with Crippen molar-refractivity contribution in [1.29, 1.82) is 0 Å². The molecule has 1 N–H and O–H groups in total. The average Bonchev–Trinajstić information content (AvgIpc) is 2.81. The van der Waals surface area contributed by atoms with E-state index in [4.69, 9.17) is 0 Å². The Bertz CT molecular complexity index is 920. The summed E-state index contributed by atoms with van der Waals surface area (Å²) < 4.78 is 30.2. The molecule has 2 heterocycles. The van der Waals surface area contributed by atoms with Crippen molar-refractivity contribution in [2.45, 2.75) is 13.5 Å². The quantitative estimate of drug-likeness (QED) is 0.793. The number of aromatic nitrogens is 3. The third-order valence-corrected chi connectivity index (χ3v) is 3.57. The largest absolute Gasteiger partial charge is 0.478 e. The highest BCUT2D eigenvalue weighted by atomic mass is 19.3. The van der Waals surface area contributed by atoms with Crippen LogP contribution in [0.1, 0.15) is 16.1 Å². The summed E-state index contributed by atoms with van der Waals surface area (Å²) in [5.41, 5.74) is 2.10. The van der Waals surface area contributed by atoms with Crippen molar-refractivity contribution in [2.24, 2.45) is 7.05 Å². The maximum atomic E-state index is 12.2. The highest BCUT2D eigenvalue weighted by Gasteiger charge is 2.18. The Morgan fingerprint density at radius 2 is 1.96 bits per heavy atom. The molecule has 6 nitrogen and oxygen atoms in total. The van der Waals surface area contributed by atoms with Crippen LogP contribution < -0.4 is 4.74 Å². The predicted molar refractivity (Wildman–Crippen MR) is 82.3 cm³/mol. The Hall–Kier alpha value is -3.03. The summed E-state index contributed by atoms with van der Waals surface area (Å²) in [5.74, 6) is -1.07. The number of hydrogen-bond acceptors (Lipinski definition) is 4. The molecular formula is C16H13F2N3O3. The van der Waals surface area contributed by atoms with Crippen molar-refractivity contribution >= 4 is 17.0 Å². The first-order valence-electron chi connectivity index (χ1n) is 6.99. The number of carboxylic acids is 1. The zero-order valence-electron chi connectivity index (χ0n) is 12.8. The van der Waals surface area contributed by atoms with Crippen LogP contribution in [0.15, 0.2) is 30.3 Å².